The number of rotatable bonds is 5. The Morgan fingerprint density at radius 2 is 2.12 bits per heavy atom. The first kappa shape index (κ1) is 14.4. The van der Waals surface area contributed by atoms with Crippen molar-refractivity contribution in [3.8, 4) is 0 Å². The third-order valence-corrected chi connectivity index (χ3v) is 4.62. The van der Waals surface area contributed by atoms with Gasteiger partial charge in [-0.25, -0.2) is 13.1 Å². The number of nitrogens with one attached hydrogen (secondary N) is 1. The van der Waals surface area contributed by atoms with E-state index in [4.69, 9.17) is 16.7 Å². The Hall–Kier alpha value is -0.620. The molecular weight excluding hydrogens is 262 g/mol. The highest BCUT2D eigenvalue weighted by Crippen LogP contribution is 2.22. The lowest BCUT2D eigenvalue weighted by atomic mass is 10.2. The number of hydrogen-bond donors (Lipinski definition) is 2. The molecule has 1 rings (SSSR count). The molecule has 6 heteroatoms. The maximum atomic E-state index is 12.1. The van der Waals surface area contributed by atoms with E-state index >= 15 is 0 Å². The molecule has 0 aromatic heterocycles. The van der Waals surface area contributed by atoms with E-state index in [-0.39, 0.29) is 11.5 Å². The van der Waals surface area contributed by atoms with Gasteiger partial charge in [-0.15, -0.1) is 0 Å². The van der Waals surface area contributed by atoms with Crippen LogP contribution in [-0.2, 0) is 10.0 Å². The van der Waals surface area contributed by atoms with Crippen LogP contribution in [0.5, 0.6) is 0 Å². The van der Waals surface area contributed by atoms with Crippen molar-refractivity contribution in [2.45, 2.75) is 31.2 Å². The molecular formula is C11H16ClNO3S. The van der Waals surface area contributed by atoms with E-state index in [0.29, 0.717) is 17.0 Å². The molecule has 1 aromatic rings. The Morgan fingerprint density at radius 1 is 1.47 bits per heavy atom. The fourth-order valence-corrected chi connectivity index (χ4v) is 3.22. The summed E-state index contributed by atoms with van der Waals surface area (Å²) in [5.41, 5.74) is 0.509. The molecule has 0 saturated heterocycles. The molecule has 0 saturated carbocycles. The highest BCUT2D eigenvalue weighted by atomic mass is 35.5. The van der Waals surface area contributed by atoms with Gasteiger partial charge in [0.15, 0.2) is 0 Å². The van der Waals surface area contributed by atoms with Crippen molar-refractivity contribution in [3.05, 3.63) is 28.8 Å². The Kier molecular flexibility index (Phi) is 4.94. The normalized spacial score (nSPS) is 13.6. The van der Waals surface area contributed by atoms with E-state index in [1.165, 1.54) is 6.07 Å². The summed E-state index contributed by atoms with van der Waals surface area (Å²) in [6.45, 7) is 3.22. The van der Waals surface area contributed by atoms with E-state index in [2.05, 4.69) is 4.72 Å². The molecule has 0 aliphatic rings. The van der Waals surface area contributed by atoms with Crippen LogP contribution >= 0.6 is 11.6 Å². The third-order valence-electron chi connectivity index (χ3n) is 2.54. The maximum absolute atomic E-state index is 12.1. The smallest absolute Gasteiger partial charge is 0.241 e. The molecule has 0 fully saturated rings. The largest absolute Gasteiger partial charge is 0.395 e. The van der Waals surface area contributed by atoms with Crippen LogP contribution in [0, 0.1) is 6.92 Å². The Labute approximate surface area is 107 Å². The fraction of sp³-hybridized carbons (Fsp3) is 0.455. The molecule has 2 N–H and O–H groups in total. The molecule has 1 aromatic carbocycles. The van der Waals surface area contributed by atoms with Gasteiger partial charge in [-0.2, -0.15) is 0 Å². The van der Waals surface area contributed by atoms with Crippen LogP contribution in [-0.4, -0.2) is 26.2 Å². The molecule has 0 radical (unpaired) electrons. The molecule has 1 atom stereocenters. The monoisotopic (exact) mass is 277 g/mol. The lowest BCUT2D eigenvalue weighted by Crippen LogP contribution is -2.37. The zero-order chi connectivity index (χ0) is 13.1. The molecule has 96 valence electrons. The zero-order valence-electron chi connectivity index (χ0n) is 9.77. The minimum Gasteiger partial charge on any atom is -0.395 e. The predicted molar refractivity (Wildman–Crippen MR) is 67.7 cm³/mol. The van der Waals surface area contributed by atoms with Crippen molar-refractivity contribution in [2.24, 2.45) is 0 Å². The molecule has 0 heterocycles. The van der Waals surface area contributed by atoms with Crippen molar-refractivity contribution in [2.75, 3.05) is 6.61 Å². The maximum Gasteiger partial charge on any atom is 0.241 e. The van der Waals surface area contributed by atoms with Crippen LogP contribution in [0.3, 0.4) is 0 Å². The lowest BCUT2D eigenvalue weighted by Gasteiger charge is -2.15. The lowest BCUT2D eigenvalue weighted by molar-refractivity contribution is 0.254. The molecule has 0 bridgehead atoms. The number of benzene rings is 1. The van der Waals surface area contributed by atoms with Gasteiger partial charge in [0.25, 0.3) is 0 Å². The second-order valence-electron chi connectivity index (χ2n) is 3.77. The van der Waals surface area contributed by atoms with Crippen molar-refractivity contribution >= 4 is 21.6 Å². The van der Waals surface area contributed by atoms with E-state index in [0.717, 1.165) is 0 Å². The Morgan fingerprint density at radius 3 is 2.65 bits per heavy atom. The van der Waals surface area contributed by atoms with E-state index < -0.39 is 16.1 Å². The van der Waals surface area contributed by atoms with Crippen molar-refractivity contribution in [1.29, 1.82) is 0 Å². The van der Waals surface area contributed by atoms with Crippen LogP contribution in [0.2, 0.25) is 5.02 Å². The van der Waals surface area contributed by atoms with Gasteiger partial charge >= 0.3 is 0 Å². The van der Waals surface area contributed by atoms with Gasteiger partial charge in [0, 0.05) is 11.1 Å². The minimum absolute atomic E-state index is 0.150. The standard InChI is InChI=1S/C11H16ClNO3S/c1-3-9(7-14)13-17(15,16)11-6-4-5-10(12)8(11)2/h4-6,9,13-14H,3,7H2,1-2H3/t9-/m0/s1. The topological polar surface area (TPSA) is 66.4 Å². The number of aliphatic hydroxyl groups is 1. The van der Waals surface area contributed by atoms with Crippen LogP contribution < -0.4 is 4.72 Å². The Balaban J connectivity index is 3.09. The summed E-state index contributed by atoms with van der Waals surface area (Å²) < 4.78 is 26.5. The zero-order valence-corrected chi connectivity index (χ0v) is 11.3. The van der Waals surface area contributed by atoms with Crippen LogP contribution in [0.15, 0.2) is 23.1 Å². The van der Waals surface area contributed by atoms with E-state index in [1.807, 2.05) is 0 Å². The molecule has 0 amide bonds. The average molecular weight is 278 g/mol. The molecule has 4 nitrogen and oxygen atoms in total. The number of hydrogen-bond acceptors (Lipinski definition) is 3. The number of halogens is 1. The van der Waals surface area contributed by atoms with Crippen LogP contribution in [0.4, 0.5) is 0 Å². The van der Waals surface area contributed by atoms with Gasteiger partial charge in [-0.3, -0.25) is 0 Å². The summed E-state index contributed by atoms with van der Waals surface area (Å²) in [6.07, 6.45) is 0.523. The van der Waals surface area contributed by atoms with E-state index in [9.17, 15) is 8.42 Å². The first-order valence-corrected chi connectivity index (χ1v) is 7.16. The summed E-state index contributed by atoms with van der Waals surface area (Å²) in [5, 5.41) is 9.41. The second-order valence-corrected chi connectivity index (χ2v) is 5.86. The van der Waals surface area contributed by atoms with Crippen LogP contribution in [0.25, 0.3) is 0 Å². The van der Waals surface area contributed by atoms with Gasteiger partial charge < -0.3 is 5.11 Å². The van der Waals surface area contributed by atoms with Crippen molar-refractivity contribution in [1.82, 2.24) is 4.72 Å². The molecule has 0 unspecified atom stereocenters. The molecule has 17 heavy (non-hydrogen) atoms. The van der Waals surface area contributed by atoms with Gasteiger partial charge in [-0.05, 0) is 31.0 Å². The van der Waals surface area contributed by atoms with Gasteiger partial charge in [-0.1, -0.05) is 24.6 Å². The molecule has 0 aliphatic carbocycles. The summed E-state index contributed by atoms with van der Waals surface area (Å²) in [6, 6.07) is 4.25. The van der Waals surface area contributed by atoms with Crippen molar-refractivity contribution < 1.29 is 13.5 Å². The predicted octanol–water partition coefficient (Wildman–Crippen LogP) is 1.70. The summed E-state index contributed by atoms with van der Waals surface area (Å²) in [7, 11) is -3.63. The van der Waals surface area contributed by atoms with E-state index in [1.54, 1.807) is 26.0 Å². The average Bonchev–Trinajstić information content (AvgIpc) is 2.29. The quantitative estimate of drug-likeness (QED) is 0.861. The van der Waals surface area contributed by atoms with Crippen LogP contribution in [0.1, 0.15) is 18.9 Å². The molecule has 0 spiro atoms. The highest BCUT2D eigenvalue weighted by Gasteiger charge is 2.21. The third kappa shape index (κ3) is 3.42. The summed E-state index contributed by atoms with van der Waals surface area (Å²) >= 11 is 5.88. The van der Waals surface area contributed by atoms with Gasteiger partial charge in [0.1, 0.15) is 0 Å². The second kappa shape index (κ2) is 5.82. The summed E-state index contributed by atoms with van der Waals surface area (Å²) in [4.78, 5) is 0.150. The number of sulfonamides is 1. The fourth-order valence-electron chi connectivity index (χ4n) is 1.41. The summed E-state index contributed by atoms with van der Waals surface area (Å²) in [5.74, 6) is 0. The minimum atomic E-state index is -3.63. The van der Waals surface area contributed by atoms with Crippen molar-refractivity contribution in [3.63, 3.8) is 0 Å². The first-order valence-electron chi connectivity index (χ1n) is 5.30. The SMILES string of the molecule is CC[C@@H](CO)NS(=O)(=O)c1cccc(Cl)c1C. The first-order chi connectivity index (χ1) is 7.92. The Bertz CT molecular complexity index is 483. The van der Waals surface area contributed by atoms with Gasteiger partial charge in [0.05, 0.1) is 11.5 Å². The number of aliphatic hydroxyl groups excluding tert-OH is 1. The molecule has 0 aliphatic heterocycles. The highest BCUT2D eigenvalue weighted by molar-refractivity contribution is 7.89. The van der Waals surface area contributed by atoms with Gasteiger partial charge in [0.2, 0.25) is 10.0 Å².